The standard InChI is InChI=1S/C22H24N8O3S/c1-14-13-17(26-25-14)15-7-8-30-19(15)20(23)24-22(27-30)29-11-9-28(10-12-29)21(31)16-5-3-4-6-18(16)34(2,32)33/h3-8,13H,9-12H2,1-2H3,(H,25,26)(H2,23,24,27). The molecule has 4 heterocycles. The summed E-state index contributed by atoms with van der Waals surface area (Å²) < 4.78 is 25.9. The van der Waals surface area contributed by atoms with Gasteiger partial charge in [-0.25, -0.2) is 12.9 Å². The van der Waals surface area contributed by atoms with E-state index in [1.165, 1.54) is 6.07 Å². The average Bonchev–Trinajstić information content (AvgIpc) is 3.44. The molecule has 0 bridgehead atoms. The zero-order chi connectivity index (χ0) is 24.0. The average molecular weight is 481 g/mol. The molecule has 1 aliphatic heterocycles. The highest BCUT2D eigenvalue weighted by Crippen LogP contribution is 2.28. The van der Waals surface area contributed by atoms with Gasteiger partial charge < -0.3 is 15.5 Å². The first-order valence-electron chi connectivity index (χ1n) is 10.7. The molecule has 34 heavy (non-hydrogen) atoms. The maximum Gasteiger partial charge on any atom is 0.255 e. The van der Waals surface area contributed by atoms with Gasteiger partial charge in [0.05, 0.1) is 16.2 Å². The van der Waals surface area contributed by atoms with Gasteiger partial charge in [0, 0.05) is 49.9 Å². The van der Waals surface area contributed by atoms with Crippen molar-refractivity contribution in [3.8, 4) is 11.3 Å². The second-order valence-electron chi connectivity index (χ2n) is 8.30. The number of nitrogens with two attached hydrogens (primary N) is 1. The topological polar surface area (TPSA) is 143 Å². The van der Waals surface area contributed by atoms with Gasteiger partial charge in [-0.3, -0.25) is 9.89 Å². The van der Waals surface area contributed by atoms with Crippen molar-refractivity contribution >= 4 is 33.0 Å². The summed E-state index contributed by atoms with van der Waals surface area (Å²) in [5.74, 6) is 0.501. The van der Waals surface area contributed by atoms with Crippen LogP contribution in [0.15, 0.2) is 47.5 Å². The van der Waals surface area contributed by atoms with Crippen LogP contribution in [-0.2, 0) is 9.84 Å². The normalized spacial score (nSPS) is 14.6. The fourth-order valence-corrected chi connectivity index (χ4v) is 5.06. The van der Waals surface area contributed by atoms with Gasteiger partial charge in [-0.05, 0) is 31.2 Å². The second kappa shape index (κ2) is 8.13. The van der Waals surface area contributed by atoms with Crippen molar-refractivity contribution in [1.82, 2.24) is 29.7 Å². The summed E-state index contributed by atoms with van der Waals surface area (Å²) in [6.07, 6.45) is 2.92. The number of anilines is 2. The van der Waals surface area contributed by atoms with E-state index in [1.807, 2.05) is 30.2 Å². The number of rotatable bonds is 4. The molecule has 11 nitrogen and oxygen atoms in total. The number of fused-ring (bicyclic) bond motifs is 1. The Bertz CT molecular complexity index is 1500. The summed E-state index contributed by atoms with van der Waals surface area (Å²) >= 11 is 0. The van der Waals surface area contributed by atoms with Gasteiger partial charge >= 0.3 is 0 Å². The summed E-state index contributed by atoms with van der Waals surface area (Å²) in [5, 5.41) is 11.8. The van der Waals surface area contributed by atoms with E-state index >= 15 is 0 Å². The molecule has 1 aliphatic rings. The monoisotopic (exact) mass is 480 g/mol. The molecule has 4 aromatic rings. The molecule has 0 atom stereocenters. The number of nitrogens with zero attached hydrogens (tertiary/aromatic N) is 6. The number of sulfone groups is 1. The van der Waals surface area contributed by atoms with E-state index in [-0.39, 0.29) is 16.4 Å². The predicted molar refractivity (Wildman–Crippen MR) is 127 cm³/mol. The summed E-state index contributed by atoms with van der Waals surface area (Å²) in [6.45, 7) is 3.72. The molecular formula is C22H24N8O3S. The van der Waals surface area contributed by atoms with Crippen molar-refractivity contribution in [2.75, 3.05) is 43.1 Å². The van der Waals surface area contributed by atoms with E-state index in [0.29, 0.717) is 43.5 Å². The Morgan fingerprint density at radius 2 is 1.85 bits per heavy atom. The number of piperazine rings is 1. The number of hydrogen-bond donors (Lipinski definition) is 2. The molecule has 5 rings (SSSR count). The van der Waals surface area contributed by atoms with Gasteiger partial charge in [0.2, 0.25) is 5.95 Å². The number of carbonyl (C=O) groups excluding carboxylic acids is 1. The van der Waals surface area contributed by atoms with E-state index < -0.39 is 9.84 Å². The highest BCUT2D eigenvalue weighted by atomic mass is 32.2. The van der Waals surface area contributed by atoms with Crippen molar-refractivity contribution < 1.29 is 13.2 Å². The van der Waals surface area contributed by atoms with Gasteiger partial charge in [-0.15, -0.1) is 5.10 Å². The van der Waals surface area contributed by atoms with Crippen molar-refractivity contribution in [3.05, 3.63) is 53.9 Å². The lowest BCUT2D eigenvalue weighted by atomic mass is 10.2. The van der Waals surface area contributed by atoms with Crippen molar-refractivity contribution in [3.63, 3.8) is 0 Å². The molecule has 0 unspecified atom stereocenters. The lowest BCUT2D eigenvalue weighted by molar-refractivity contribution is 0.0742. The third kappa shape index (κ3) is 3.85. The summed E-state index contributed by atoms with van der Waals surface area (Å²) in [6, 6.07) is 10.1. The number of aromatic nitrogens is 5. The molecule has 0 saturated carbocycles. The van der Waals surface area contributed by atoms with Crippen molar-refractivity contribution in [2.45, 2.75) is 11.8 Å². The molecule has 176 valence electrons. The zero-order valence-corrected chi connectivity index (χ0v) is 19.6. The molecule has 3 N–H and O–H groups in total. The SMILES string of the molecule is Cc1cc(-c2ccn3nc(N4CCN(C(=O)c5ccccc5S(C)(=O)=O)CC4)nc(N)c23)n[nH]1. The molecule has 0 spiro atoms. The number of H-pyrrole nitrogens is 1. The fraction of sp³-hybridized carbons (Fsp3) is 0.273. The number of carbonyl (C=O) groups is 1. The highest BCUT2D eigenvalue weighted by Gasteiger charge is 2.27. The molecular weight excluding hydrogens is 456 g/mol. The molecule has 1 amide bonds. The van der Waals surface area contributed by atoms with Crippen LogP contribution in [-0.4, -0.2) is 76.5 Å². The van der Waals surface area contributed by atoms with Crippen LogP contribution in [0.2, 0.25) is 0 Å². The van der Waals surface area contributed by atoms with E-state index in [0.717, 1.165) is 23.2 Å². The Labute approximate surface area is 196 Å². The number of nitrogen functional groups attached to an aromatic ring is 1. The molecule has 3 aromatic heterocycles. The fourth-order valence-electron chi connectivity index (χ4n) is 4.18. The quantitative estimate of drug-likeness (QED) is 0.446. The van der Waals surface area contributed by atoms with Gasteiger partial charge in [-0.1, -0.05) is 12.1 Å². The predicted octanol–water partition coefficient (Wildman–Crippen LogP) is 1.38. The Kier molecular flexibility index (Phi) is 5.24. The Morgan fingerprint density at radius 1 is 1.12 bits per heavy atom. The van der Waals surface area contributed by atoms with Crippen LogP contribution in [0.1, 0.15) is 16.1 Å². The zero-order valence-electron chi connectivity index (χ0n) is 18.8. The number of benzene rings is 1. The van der Waals surface area contributed by atoms with Crippen LogP contribution in [0.4, 0.5) is 11.8 Å². The van der Waals surface area contributed by atoms with E-state index in [2.05, 4.69) is 20.3 Å². The Balaban J connectivity index is 1.35. The highest BCUT2D eigenvalue weighted by molar-refractivity contribution is 7.90. The lowest BCUT2D eigenvalue weighted by Gasteiger charge is -2.35. The minimum Gasteiger partial charge on any atom is -0.382 e. The molecule has 12 heteroatoms. The van der Waals surface area contributed by atoms with Crippen LogP contribution >= 0.6 is 0 Å². The summed E-state index contributed by atoms with van der Waals surface area (Å²) in [7, 11) is -3.51. The summed E-state index contributed by atoms with van der Waals surface area (Å²) in [4.78, 5) is 21.2. The van der Waals surface area contributed by atoms with Crippen molar-refractivity contribution in [2.24, 2.45) is 0 Å². The second-order valence-corrected chi connectivity index (χ2v) is 10.3. The Morgan fingerprint density at radius 3 is 2.53 bits per heavy atom. The van der Waals surface area contributed by atoms with Gasteiger partial charge in [0.15, 0.2) is 15.7 Å². The Hall–Kier alpha value is -3.93. The van der Waals surface area contributed by atoms with Crippen LogP contribution in [0, 0.1) is 6.92 Å². The van der Waals surface area contributed by atoms with Crippen molar-refractivity contribution in [1.29, 1.82) is 0 Å². The van der Waals surface area contributed by atoms with Crippen LogP contribution in [0.25, 0.3) is 16.8 Å². The van der Waals surface area contributed by atoms with Gasteiger partial charge in [-0.2, -0.15) is 10.1 Å². The molecule has 1 saturated heterocycles. The smallest absolute Gasteiger partial charge is 0.255 e. The van der Waals surface area contributed by atoms with Gasteiger partial charge in [0.1, 0.15) is 5.52 Å². The maximum absolute atomic E-state index is 13.1. The first kappa shape index (κ1) is 21.9. The minimum absolute atomic E-state index is 0.0412. The number of nitrogens with one attached hydrogen (secondary N) is 1. The van der Waals surface area contributed by atoms with Crippen LogP contribution in [0.3, 0.4) is 0 Å². The maximum atomic E-state index is 13.1. The number of aromatic amines is 1. The van der Waals surface area contributed by atoms with Crippen LogP contribution in [0.5, 0.6) is 0 Å². The number of amides is 1. The third-order valence-corrected chi connectivity index (χ3v) is 7.03. The third-order valence-electron chi connectivity index (χ3n) is 5.88. The molecule has 0 radical (unpaired) electrons. The first-order chi connectivity index (χ1) is 16.2. The van der Waals surface area contributed by atoms with Crippen LogP contribution < -0.4 is 10.6 Å². The number of aryl methyl sites for hydroxylation is 1. The summed E-state index contributed by atoms with van der Waals surface area (Å²) in [5.41, 5.74) is 9.73. The minimum atomic E-state index is -3.51. The van der Waals surface area contributed by atoms with E-state index in [4.69, 9.17) is 5.73 Å². The van der Waals surface area contributed by atoms with E-state index in [1.54, 1.807) is 27.6 Å². The first-order valence-corrected chi connectivity index (χ1v) is 12.6. The molecule has 1 fully saturated rings. The molecule has 0 aliphatic carbocycles. The number of hydrogen-bond acceptors (Lipinski definition) is 8. The lowest BCUT2D eigenvalue weighted by Crippen LogP contribution is -2.49. The van der Waals surface area contributed by atoms with Gasteiger partial charge in [0.25, 0.3) is 5.91 Å². The largest absolute Gasteiger partial charge is 0.382 e. The van der Waals surface area contributed by atoms with E-state index in [9.17, 15) is 13.2 Å². The molecule has 1 aromatic carbocycles.